The maximum Gasteiger partial charge on any atom is 0.307 e. The zero-order valence-electron chi connectivity index (χ0n) is 10.8. The Hall–Kier alpha value is -2.29. The average Bonchev–Trinajstić information content (AvgIpc) is 2.37. The molecule has 2 aromatic carbocycles. The van der Waals surface area contributed by atoms with Gasteiger partial charge < -0.3 is 10.2 Å². The molecule has 0 aliphatic carbocycles. The molecule has 98 valence electrons. The zero-order chi connectivity index (χ0) is 13.8. The molecule has 0 spiro atoms. The third-order valence-corrected chi connectivity index (χ3v) is 3.00. The molecule has 19 heavy (non-hydrogen) atoms. The first kappa shape index (κ1) is 13.1. The molecule has 0 radical (unpaired) electrons. The summed E-state index contributed by atoms with van der Waals surface area (Å²) in [7, 11) is 0. The summed E-state index contributed by atoms with van der Waals surface area (Å²) in [4.78, 5) is 10.7. The van der Waals surface area contributed by atoms with E-state index in [1.807, 2.05) is 31.2 Å². The van der Waals surface area contributed by atoms with E-state index in [-0.39, 0.29) is 12.2 Å². The van der Waals surface area contributed by atoms with E-state index in [1.165, 1.54) is 0 Å². The van der Waals surface area contributed by atoms with E-state index in [2.05, 4.69) is 0 Å². The molecule has 0 saturated heterocycles. The smallest absolute Gasteiger partial charge is 0.307 e. The number of rotatable bonds is 4. The van der Waals surface area contributed by atoms with Gasteiger partial charge in [-0.25, -0.2) is 0 Å². The minimum atomic E-state index is -0.845. The van der Waals surface area contributed by atoms with Crippen molar-refractivity contribution in [1.29, 1.82) is 0 Å². The summed E-state index contributed by atoms with van der Waals surface area (Å²) in [6.07, 6.45) is 0.851. The second-order valence-corrected chi connectivity index (χ2v) is 4.51. The van der Waals surface area contributed by atoms with E-state index < -0.39 is 5.97 Å². The second-order valence-electron chi connectivity index (χ2n) is 4.51. The zero-order valence-corrected chi connectivity index (χ0v) is 10.8. The predicted octanol–water partition coefficient (Wildman–Crippen LogP) is 3.25. The number of carboxylic acids is 1. The van der Waals surface area contributed by atoms with Gasteiger partial charge >= 0.3 is 5.97 Å². The van der Waals surface area contributed by atoms with E-state index in [1.54, 1.807) is 18.2 Å². The van der Waals surface area contributed by atoms with Gasteiger partial charge in [-0.05, 0) is 40.8 Å². The van der Waals surface area contributed by atoms with Gasteiger partial charge in [0.1, 0.15) is 5.75 Å². The second kappa shape index (κ2) is 5.57. The fourth-order valence-electron chi connectivity index (χ4n) is 2.08. The van der Waals surface area contributed by atoms with Gasteiger partial charge in [0, 0.05) is 0 Å². The van der Waals surface area contributed by atoms with Crippen molar-refractivity contribution in [2.24, 2.45) is 0 Å². The van der Waals surface area contributed by atoms with Crippen LogP contribution in [-0.2, 0) is 17.6 Å². The minimum absolute atomic E-state index is 0.00723. The number of hydrogen-bond donors (Lipinski definition) is 2. The first-order valence-electron chi connectivity index (χ1n) is 6.22. The molecule has 3 heteroatoms. The SMILES string of the molecule is CCc1cc(O)cc(-c2cccc(CC(=O)O)c2)c1. The van der Waals surface area contributed by atoms with Crippen LogP contribution < -0.4 is 0 Å². The van der Waals surface area contributed by atoms with Gasteiger partial charge in [-0.2, -0.15) is 0 Å². The van der Waals surface area contributed by atoms with Crippen LogP contribution in [0.3, 0.4) is 0 Å². The number of aliphatic carboxylic acids is 1. The van der Waals surface area contributed by atoms with Crippen molar-refractivity contribution in [3.05, 3.63) is 53.6 Å². The Morgan fingerprint density at radius 3 is 2.47 bits per heavy atom. The maximum absolute atomic E-state index is 10.7. The molecule has 0 unspecified atom stereocenters. The fraction of sp³-hybridized carbons (Fsp3) is 0.188. The number of aryl methyl sites for hydroxylation is 1. The quantitative estimate of drug-likeness (QED) is 0.882. The summed E-state index contributed by atoms with van der Waals surface area (Å²) >= 11 is 0. The number of aromatic hydroxyl groups is 1. The standard InChI is InChI=1S/C16H16O3/c1-2-11-6-14(10-15(17)8-11)13-5-3-4-12(7-13)9-16(18)19/h3-8,10,17H,2,9H2,1H3,(H,18,19). The monoisotopic (exact) mass is 256 g/mol. The lowest BCUT2D eigenvalue weighted by atomic mass is 9.99. The Morgan fingerprint density at radius 2 is 1.79 bits per heavy atom. The molecule has 0 saturated carbocycles. The van der Waals surface area contributed by atoms with Crippen LogP contribution in [0, 0.1) is 0 Å². The molecule has 0 aliphatic heterocycles. The number of carbonyl (C=O) groups is 1. The topological polar surface area (TPSA) is 57.5 Å². The molecule has 0 aliphatic rings. The summed E-state index contributed by atoms with van der Waals surface area (Å²) in [6.45, 7) is 2.03. The molecule has 2 aromatic rings. The predicted molar refractivity (Wildman–Crippen MR) is 74.3 cm³/mol. The van der Waals surface area contributed by atoms with Crippen molar-refractivity contribution in [3.63, 3.8) is 0 Å². The van der Waals surface area contributed by atoms with Crippen molar-refractivity contribution in [3.8, 4) is 16.9 Å². The molecule has 0 heterocycles. The Morgan fingerprint density at radius 1 is 1.05 bits per heavy atom. The summed E-state index contributed by atoms with van der Waals surface area (Å²) in [5.74, 6) is -0.611. The average molecular weight is 256 g/mol. The maximum atomic E-state index is 10.7. The molecule has 2 rings (SSSR count). The third kappa shape index (κ3) is 3.35. The van der Waals surface area contributed by atoms with E-state index >= 15 is 0 Å². The highest BCUT2D eigenvalue weighted by Crippen LogP contribution is 2.26. The molecular weight excluding hydrogens is 240 g/mol. The summed E-state index contributed by atoms with van der Waals surface area (Å²) < 4.78 is 0. The van der Waals surface area contributed by atoms with E-state index in [9.17, 15) is 9.90 Å². The van der Waals surface area contributed by atoms with Gasteiger partial charge in [0.15, 0.2) is 0 Å². The van der Waals surface area contributed by atoms with Crippen LogP contribution >= 0.6 is 0 Å². The van der Waals surface area contributed by atoms with Gasteiger partial charge in [-0.1, -0.05) is 37.3 Å². The Labute approximate surface area is 112 Å². The molecule has 0 aromatic heterocycles. The Balaban J connectivity index is 2.41. The van der Waals surface area contributed by atoms with Crippen LogP contribution in [0.1, 0.15) is 18.1 Å². The van der Waals surface area contributed by atoms with Crippen molar-refractivity contribution < 1.29 is 15.0 Å². The van der Waals surface area contributed by atoms with Gasteiger partial charge in [0.2, 0.25) is 0 Å². The number of phenolic OH excluding ortho intramolecular Hbond substituents is 1. The Kier molecular flexibility index (Phi) is 3.85. The van der Waals surface area contributed by atoms with E-state index in [4.69, 9.17) is 5.11 Å². The minimum Gasteiger partial charge on any atom is -0.508 e. The van der Waals surface area contributed by atoms with Crippen LogP contribution in [0.15, 0.2) is 42.5 Å². The molecule has 2 N–H and O–H groups in total. The summed E-state index contributed by atoms with van der Waals surface area (Å²) in [6, 6.07) is 12.8. The largest absolute Gasteiger partial charge is 0.508 e. The molecule has 3 nitrogen and oxygen atoms in total. The number of hydrogen-bond acceptors (Lipinski definition) is 2. The van der Waals surface area contributed by atoms with E-state index in [0.29, 0.717) is 0 Å². The number of carboxylic acid groups (broad SMARTS) is 1. The highest BCUT2D eigenvalue weighted by atomic mass is 16.4. The van der Waals surface area contributed by atoms with Crippen LogP contribution in [0.2, 0.25) is 0 Å². The number of phenols is 1. The highest BCUT2D eigenvalue weighted by molar-refractivity contribution is 5.72. The molecule has 0 fully saturated rings. The summed E-state index contributed by atoms with van der Waals surface area (Å²) in [5, 5.41) is 18.5. The van der Waals surface area contributed by atoms with Crippen molar-refractivity contribution in [2.75, 3.05) is 0 Å². The first-order chi connectivity index (χ1) is 9.08. The fourth-order valence-corrected chi connectivity index (χ4v) is 2.08. The van der Waals surface area contributed by atoms with Gasteiger partial charge in [-0.15, -0.1) is 0 Å². The molecular formula is C16H16O3. The lowest BCUT2D eigenvalue weighted by Crippen LogP contribution is -1.99. The normalized spacial score (nSPS) is 10.4. The van der Waals surface area contributed by atoms with Crippen molar-refractivity contribution in [2.45, 2.75) is 19.8 Å². The lowest BCUT2D eigenvalue weighted by Gasteiger charge is -2.07. The lowest BCUT2D eigenvalue weighted by molar-refractivity contribution is -0.136. The summed E-state index contributed by atoms with van der Waals surface area (Å²) in [5.41, 5.74) is 3.64. The van der Waals surface area contributed by atoms with Crippen LogP contribution in [0.4, 0.5) is 0 Å². The third-order valence-electron chi connectivity index (χ3n) is 3.00. The van der Waals surface area contributed by atoms with Crippen LogP contribution in [0.5, 0.6) is 5.75 Å². The molecule has 0 atom stereocenters. The Bertz CT molecular complexity index is 603. The number of benzene rings is 2. The van der Waals surface area contributed by atoms with Crippen molar-refractivity contribution in [1.82, 2.24) is 0 Å². The first-order valence-corrected chi connectivity index (χ1v) is 6.22. The van der Waals surface area contributed by atoms with Crippen LogP contribution in [-0.4, -0.2) is 16.2 Å². The van der Waals surface area contributed by atoms with Gasteiger partial charge in [-0.3, -0.25) is 4.79 Å². The van der Waals surface area contributed by atoms with Crippen molar-refractivity contribution >= 4 is 5.97 Å². The van der Waals surface area contributed by atoms with Gasteiger partial charge in [0.25, 0.3) is 0 Å². The molecule has 0 amide bonds. The van der Waals surface area contributed by atoms with E-state index in [0.717, 1.165) is 28.7 Å². The van der Waals surface area contributed by atoms with Crippen LogP contribution in [0.25, 0.3) is 11.1 Å². The van der Waals surface area contributed by atoms with Gasteiger partial charge in [0.05, 0.1) is 6.42 Å². The highest BCUT2D eigenvalue weighted by Gasteiger charge is 2.05. The molecule has 0 bridgehead atoms.